The van der Waals surface area contributed by atoms with Gasteiger partial charge in [-0.2, -0.15) is 0 Å². The molecule has 33 heavy (non-hydrogen) atoms. The van der Waals surface area contributed by atoms with Crippen LogP contribution in [0.3, 0.4) is 0 Å². The third-order valence-corrected chi connectivity index (χ3v) is 11.6. The van der Waals surface area contributed by atoms with E-state index in [0.29, 0.717) is 11.4 Å². The van der Waals surface area contributed by atoms with Gasteiger partial charge in [-0.15, -0.1) is 0 Å². The van der Waals surface area contributed by atoms with Crippen molar-refractivity contribution in [3.8, 4) is 5.75 Å². The smallest absolute Gasteiger partial charge is 0.337 e. The number of hydrogen-bond acceptors (Lipinski definition) is 9. The summed E-state index contributed by atoms with van der Waals surface area (Å²) in [5.41, 5.74) is 0.425. The van der Waals surface area contributed by atoms with E-state index in [-0.39, 0.29) is 0 Å². The first-order chi connectivity index (χ1) is 15.1. The molecule has 1 aromatic carbocycles. The van der Waals surface area contributed by atoms with E-state index in [2.05, 4.69) is 4.52 Å². The minimum Gasteiger partial charge on any atom is -0.497 e. The standard InChI is InChI=1S/C16H26NO13P3/c1-17(10-3-5-11(28-2)6-4-10)16(20)15-14(19)13(18)12(30-15)7-29-33(26,27)9-31(21,22)8-32(23,24)25/h3-6,12-15,18-19H,7-9H2,1-2H3,(H,21,22)(H,26,27)(H2,23,24,25)/t12-,13-,14-,15?/m1/s1. The van der Waals surface area contributed by atoms with E-state index in [1.807, 2.05) is 0 Å². The number of hydrogen-bond donors (Lipinski definition) is 6. The second-order valence-electron chi connectivity index (χ2n) is 7.40. The monoisotopic (exact) mass is 533 g/mol. The lowest BCUT2D eigenvalue weighted by Gasteiger charge is -2.23. The number of likely N-dealkylation sites (N-methyl/N-ethyl adjacent to an activating group) is 1. The molecule has 3 unspecified atom stereocenters. The molecule has 0 spiro atoms. The molecule has 1 saturated heterocycles. The Morgan fingerprint density at radius 2 is 1.61 bits per heavy atom. The van der Waals surface area contributed by atoms with Gasteiger partial charge in [0.25, 0.3) is 5.91 Å². The maximum Gasteiger partial charge on any atom is 0.337 e. The Morgan fingerprint density at radius 3 is 2.12 bits per heavy atom. The van der Waals surface area contributed by atoms with Crippen LogP contribution in [0.15, 0.2) is 24.3 Å². The lowest BCUT2D eigenvalue weighted by Crippen LogP contribution is -2.43. The van der Waals surface area contributed by atoms with E-state index >= 15 is 0 Å². The summed E-state index contributed by atoms with van der Waals surface area (Å²) >= 11 is 0. The molecule has 0 aromatic heterocycles. The molecule has 6 N–H and O–H groups in total. The third-order valence-electron chi connectivity index (χ3n) is 4.64. The van der Waals surface area contributed by atoms with Crippen molar-refractivity contribution >= 4 is 34.2 Å². The summed E-state index contributed by atoms with van der Waals surface area (Å²) in [6, 6.07) is 6.34. The second-order valence-corrected chi connectivity index (χ2v) is 14.2. The molecule has 6 atom stereocenters. The fourth-order valence-electron chi connectivity index (χ4n) is 3.06. The first-order valence-corrected chi connectivity index (χ1v) is 14.9. The first kappa shape index (κ1) is 28.1. The highest BCUT2D eigenvalue weighted by Gasteiger charge is 2.48. The fraction of sp³-hybridized carbons (Fsp3) is 0.562. The number of ether oxygens (including phenoxy) is 2. The molecular weight excluding hydrogens is 507 g/mol. The zero-order chi connectivity index (χ0) is 25.2. The molecule has 0 radical (unpaired) electrons. The van der Waals surface area contributed by atoms with Crippen molar-refractivity contribution in [2.75, 3.05) is 37.5 Å². The van der Waals surface area contributed by atoms with Crippen LogP contribution in [0, 0.1) is 0 Å². The number of carbonyl (C=O) groups excluding carboxylic acids is 1. The lowest BCUT2D eigenvalue weighted by atomic mass is 10.1. The fourth-order valence-corrected chi connectivity index (χ4v) is 9.46. The van der Waals surface area contributed by atoms with Gasteiger partial charge in [-0.1, -0.05) is 0 Å². The SMILES string of the molecule is COc1ccc(N(C)C(=O)C2O[C@H](COP(=O)(O)CP(=O)(O)CP(=O)(O)O)[C@@H](O)[C@H]2O)cc1. The van der Waals surface area contributed by atoms with Gasteiger partial charge in [0.05, 0.1) is 13.7 Å². The van der Waals surface area contributed by atoms with Crippen molar-refractivity contribution in [2.24, 2.45) is 0 Å². The summed E-state index contributed by atoms with van der Waals surface area (Å²) < 4.78 is 49.8. The Bertz CT molecular complexity index is 980. The van der Waals surface area contributed by atoms with Crippen molar-refractivity contribution in [3.05, 3.63) is 24.3 Å². The molecule has 0 saturated carbocycles. The minimum absolute atomic E-state index is 0.425. The largest absolute Gasteiger partial charge is 0.497 e. The molecule has 1 amide bonds. The van der Waals surface area contributed by atoms with E-state index in [4.69, 9.17) is 19.3 Å². The Morgan fingerprint density at radius 1 is 1.03 bits per heavy atom. The van der Waals surface area contributed by atoms with Gasteiger partial charge in [0, 0.05) is 12.7 Å². The molecular formula is C16H26NO13P3. The van der Waals surface area contributed by atoms with Gasteiger partial charge in [0.1, 0.15) is 35.9 Å². The van der Waals surface area contributed by atoms with E-state index in [9.17, 15) is 38.5 Å². The molecule has 1 heterocycles. The summed E-state index contributed by atoms with van der Waals surface area (Å²) in [6.45, 7) is -0.849. The molecule has 2 rings (SSSR count). The molecule has 17 heteroatoms. The molecule has 1 fully saturated rings. The van der Waals surface area contributed by atoms with Crippen molar-refractivity contribution in [3.63, 3.8) is 0 Å². The van der Waals surface area contributed by atoms with Crippen LogP contribution in [-0.2, 0) is 27.8 Å². The summed E-state index contributed by atoms with van der Waals surface area (Å²) in [4.78, 5) is 50.8. The van der Waals surface area contributed by atoms with Crippen molar-refractivity contribution in [1.29, 1.82) is 0 Å². The number of aliphatic hydroxyl groups is 2. The normalized spacial score (nSPS) is 26.9. The van der Waals surface area contributed by atoms with E-state index < -0.39 is 71.3 Å². The van der Waals surface area contributed by atoms with Gasteiger partial charge in [0.2, 0.25) is 7.37 Å². The molecule has 1 aliphatic heterocycles. The van der Waals surface area contributed by atoms with Crippen LogP contribution in [0.2, 0.25) is 0 Å². The topological polar surface area (TPSA) is 221 Å². The van der Waals surface area contributed by atoms with Gasteiger partial charge < -0.3 is 48.7 Å². The van der Waals surface area contributed by atoms with Crippen LogP contribution in [0.4, 0.5) is 5.69 Å². The predicted molar refractivity (Wildman–Crippen MR) is 114 cm³/mol. The highest BCUT2D eigenvalue weighted by Crippen LogP contribution is 2.63. The second kappa shape index (κ2) is 10.6. The third kappa shape index (κ3) is 7.95. The van der Waals surface area contributed by atoms with Gasteiger partial charge in [-0.3, -0.25) is 18.5 Å². The number of aliphatic hydroxyl groups excluding tert-OH is 2. The van der Waals surface area contributed by atoms with Crippen LogP contribution >= 0.6 is 22.6 Å². The molecule has 0 aliphatic carbocycles. The van der Waals surface area contributed by atoms with E-state index in [0.717, 1.165) is 4.90 Å². The lowest BCUT2D eigenvalue weighted by molar-refractivity contribution is -0.133. The van der Waals surface area contributed by atoms with Crippen LogP contribution in [0.1, 0.15) is 0 Å². The molecule has 1 aromatic rings. The summed E-state index contributed by atoms with van der Waals surface area (Å²) in [5.74, 6) is -3.14. The highest BCUT2D eigenvalue weighted by molar-refractivity contribution is 7.79. The summed E-state index contributed by atoms with van der Waals surface area (Å²) in [5, 5.41) is 20.4. The maximum atomic E-state index is 12.7. The van der Waals surface area contributed by atoms with Crippen molar-refractivity contribution < 1.29 is 62.3 Å². The Hall–Kier alpha value is -1.14. The van der Waals surface area contributed by atoms with Gasteiger partial charge >= 0.3 is 15.2 Å². The van der Waals surface area contributed by atoms with Gasteiger partial charge in [0.15, 0.2) is 6.10 Å². The highest BCUT2D eigenvalue weighted by atomic mass is 31.3. The quantitative estimate of drug-likeness (QED) is 0.213. The van der Waals surface area contributed by atoms with Crippen LogP contribution in [-0.4, -0.2) is 92.7 Å². The van der Waals surface area contributed by atoms with E-state index in [1.54, 1.807) is 24.3 Å². The molecule has 0 bridgehead atoms. The number of benzene rings is 1. The zero-order valence-corrected chi connectivity index (χ0v) is 20.3. The number of nitrogens with zero attached hydrogens (tertiary/aromatic N) is 1. The minimum atomic E-state index is -4.94. The Kier molecular flexibility index (Phi) is 9.06. The number of rotatable bonds is 10. The number of amides is 1. The van der Waals surface area contributed by atoms with Crippen LogP contribution < -0.4 is 9.64 Å². The first-order valence-electron chi connectivity index (χ1n) is 9.30. The van der Waals surface area contributed by atoms with Gasteiger partial charge in [-0.05, 0) is 24.3 Å². The zero-order valence-electron chi connectivity index (χ0n) is 17.6. The predicted octanol–water partition coefficient (Wildman–Crippen LogP) is -0.288. The Balaban J connectivity index is 2.01. The van der Waals surface area contributed by atoms with Crippen molar-refractivity contribution in [1.82, 2.24) is 0 Å². The molecule has 1 aliphatic rings. The Labute approximate surface area is 188 Å². The maximum absolute atomic E-state index is 12.7. The summed E-state index contributed by atoms with van der Waals surface area (Å²) in [7, 11) is -11.6. The average Bonchev–Trinajstić information content (AvgIpc) is 2.97. The average molecular weight is 533 g/mol. The van der Waals surface area contributed by atoms with Crippen molar-refractivity contribution in [2.45, 2.75) is 24.4 Å². The summed E-state index contributed by atoms with van der Waals surface area (Å²) in [6.07, 6.45) is -6.39. The molecule has 188 valence electrons. The van der Waals surface area contributed by atoms with Gasteiger partial charge in [-0.25, -0.2) is 0 Å². The number of methoxy groups -OCH3 is 1. The number of carbonyl (C=O) groups is 1. The van der Waals surface area contributed by atoms with E-state index in [1.165, 1.54) is 14.2 Å². The molecule has 14 nitrogen and oxygen atoms in total. The van der Waals surface area contributed by atoms with Crippen LogP contribution in [0.25, 0.3) is 0 Å². The van der Waals surface area contributed by atoms with Crippen LogP contribution in [0.5, 0.6) is 5.75 Å². The number of anilines is 1.